The molecule has 2 atom stereocenters. The minimum atomic E-state index is -0.157. The molecule has 3 rings (SSSR count). The van der Waals surface area contributed by atoms with E-state index in [1.54, 1.807) is 11.2 Å². The number of hydrogen-bond donors (Lipinski definition) is 1. The van der Waals surface area contributed by atoms with Crippen LogP contribution in [0.3, 0.4) is 0 Å². The molecule has 0 aliphatic rings. The second-order valence-electron chi connectivity index (χ2n) is 6.33. The van der Waals surface area contributed by atoms with Crippen molar-refractivity contribution < 1.29 is 9.21 Å². The number of hydrogen-bond acceptors (Lipinski definition) is 3. The molecule has 0 bridgehead atoms. The van der Waals surface area contributed by atoms with Crippen molar-refractivity contribution in [3.63, 3.8) is 0 Å². The fourth-order valence-electron chi connectivity index (χ4n) is 2.97. The molecule has 134 valence electrons. The van der Waals surface area contributed by atoms with E-state index in [1.165, 1.54) is 0 Å². The summed E-state index contributed by atoms with van der Waals surface area (Å²) in [6.07, 6.45) is 1.65. The monoisotopic (exact) mass is 348 g/mol. The molecular formula is C22H24N2O2. The second-order valence-corrected chi connectivity index (χ2v) is 6.33. The highest BCUT2D eigenvalue weighted by atomic mass is 16.3. The molecule has 4 heteroatoms. The SMILES string of the molecule is C[C@@H](c1ccccc1)N(C)C(=O)CN[C@H](c1ccccc1)c1ccco1. The maximum absolute atomic E-state index is 12.7. The first-order chi connectivity index (χ1) is 12.7. The number of rotatable bonds is 7. The summed E-state index contributed by atoms with van der Waals surface area (Å²) in [6.45, 7) is 2.27. The van der Waals surface area contributed by atoms with Crippen molar-refractivity contribution in [3.8, 4) is 0 Å². The second kappa shape index (κ2) is 8.50. The zero-order valence-corrected chi connectivity index (χ0v) is 15.1. The Kier molecular flexibility index (Phi) is 5.87. The van der Waals surface area contributed by atoms with Gasteiger partial charge in [0.15, 0.2) is 0 Å². The standard InChI is InChI=1S/C22H24N2O2/c1-17(18-10-5-3-6-11-18)24(2)21(25)16-23-22(20-14-9-15-26-20)19-12-7-4-8-13-19/h3-15,17,22-23H,16H2,1-2H3/t17-,22+/m0/s1. The van der Waals surface area contributed by atoms with Crippen LogP contribution in [0.2, 0.25) is 0 Å². The zero-order chi connectivity index (χ0) is 18.4. The van der Waals surface area contributed by atoms with Gasteiger partial charge in [0.25, 0.3) is 0 Å². The van der Waals surface area contributed by atoms with Crippen LogP contribution in [0, 0.1) is 0 Å². The number of carbonyl (C=O) groups excluding carboxylic acids is 1. The lowest BCUT2D eigenvalue weighted by atomic mass is 10.0. The minimum Gasteiger partial charge on any atom is -0.467 e. The molecule has 1 N–H and O–H groups in total. The molecule has 26 heavy (non-hydrogen) atoms. The van der Waals surface area contributed by atoms with E-state index in [1.807, 2.05) is 86.8 Å². The van der Waals surface area contributed by atoms with Crippen LogP contribution in [0.25, 0.3) is 0 Å². The van der Waals surface area contributed by atoms with Crippen molar-refractivity contribution in [1.82, 2.24) is 10.2 Å². The van der Waals surface area contributed by atoms with Gasteiger partial charge in [-0.25, -0.2) is 0 Å². The minimum absolute atomic E-state index is 0.0179. The molecule has 0 spiro atoms. The van der Waals surface area contributed by atoms with Gasteiger partial charge in [0, 0.05) is 7.05 Å². The number of benzene rings is 2. The average molecular weight is 348 g/mol. The Labute approximate surface area is 154 Å². The Hall–Kier alpha value is -2.85. The third kappa shape index (κ3) is 4.21. The lowest BCUT2D eigenvalue weighted by Gasteiger charge is -2.26. The van der Waals surface area contributed by atoms with Crippen LogP contribution in [0.4, 0.5) is 0 Å². The molecule has 0 aliphatic heterocycles. The molecule has 0 unspecified atom stereocenters. The molecule has 2 aromatic carbocycles. The lowest BCUT2D eigenvalue weighted by molar-refractivity contribution is -0.130. The molecule has 0 aliphatic carbocycles. The molecule has 0 saturated carbocycles. The average Bonchev–Trinajstić information content (AvgIpc) is 3.23. The van der Waals surface area contributed by atoms with Crippen LogP contribution >= 0.6 is 0 Å². The van der Waals surface area contributed by atoms with Gasteiger partial charge in [0.05, 0.1) is 24.9 Å². The quantitative estimate of drug-likeness (QED) is 0.697. The van der Waals surface area contributed by atoms with E-state index in [0.717, 1.165) is 16.9 Å². The Morgan fingerprint density at radius 2 is 1.58 bits per heavy atom. The molecule has 3 aromatic rings. The molecule has 4 nitrogen and oxygen atoms in total. The van der Waals surface area contributed by atoms with Gasteiger partial charge in [-0.3, -0.25) is 10.1 Å². The highest BCUT2D eigenvalue weighted by molar-refractivity contribution is 5.78. The van der Waals surface area contributed by atoms with E-state index in [4.69, 9.17) is 4.42 Å². The predicted molar refractivity (Wildman–Crippen MR) is 103 cm³/mol. The number of likely N-dealkylation sites (N-methyl/N-ethyl adjacent to an activating group) is 1. The van der Waals surface area contributed by atoms with Gasteiger partial charge in [-0.1, -0.05) is 60.7 Å². The molecule has 0 saturated heterocycles. The van der Waals surface area contributed by atoms with E-state index < -0.39 is 0 Å². The maximum atomic E-state index is 12.7. The molecule has 0 fully saturated rings. The van der Waals surface area contributed by atoms with Gasteiger partial charge in [0.1, 0.15) is 5.76 Å². The lowest BCUT2D eigenvalue weighted by Crippen LogP contribution is -2.38. The summed E-state index contributed by atoms with van der Waals surface area (Å²) < 4.78 is 5.57. The van der Waals surface area contributed by atoms with Crippen molar-refractivity contribution in [3.05, 3.63) is 95.9 Å². The fourth-order valence-corrected chi connectivity index (χ4v) is 2.97. The van der Waals surface area contributed by atoms with Gasteiger partial charge in [-0.15, -0.1) is 0 Å². The van der Waals surface area contributed by atoms with Crippen molar-refractivity contribution in [2.24, 2.45) is 0 Å². The number of amides is 1. The van der Waals surface area contributed by atoms with E-state index in [2.05, 4.69) is 5.32 Å². The van der Waals surface area contributed by atoms with Crippen LogP contribution in [0.15, 0.2) is 83.5 Å². The number of furan rings is 1. The van der Waals surface area contributed by atoms with Crippen LogP contribution < -0.4 is 5.32 Å². The topological polar surface area (TPSA) is 45.5 Å². The Morgan fingerprint density at radius 1 is 0.962 bits per heavy atom. The third-order valence-corrected chi connectivity index (χ3v) is 4.67. The first kappa shape index (κ1) is 18.0. The van der Waals surface area contributed by atoms with E-state index in [0.29, 0.717) is 0 Å². The first-order valence-electron chi connectivity index (χ1n) is 8.79. The molecule has 1 heterocycles. The third-order valence-electron chi connectivity index (χ3n) is 4.67. The largest absolute Gasteiger partial charge is 0.467 e. The number of nitrogens with zero attached hydrogens (tertiary/aromatic N) is 1. The van der Waals surface area contributed by atoms with Crippen LogP contribution in [0.1, 0.15) is 35.9 Å². The summed E-state index contributed by atoms with van der Waals surface area (Å²) in [7, 11) is 1.84. The number of carbonyl (C=O) groups is 1. The smallest absolute Gasteiger partial charge is 0.236 e. The Balaban J connectivity index is 1.68. The van der Waals surface area contributed by atoms with Gasteiger partial charge in [-0.2, -0.15) is 0 Å². The van der Waals surface area contributed by atoms with Gasteiger partial charge < -0.3 is 9.32 Å². The fraction of sp³-hybridized carbons (Fsp3) is 0.227. The summed E-state index contributed by atoms with van der Waals surface area (Å²) in [4.78, 5) is 14.5. The van der Waals surface area contributed by atoms with Gasteiger partial charge in [-0.05, 0) is 30.2 Å². The molecule has 0 radical (unpaired) electrons. The van der Waals surface area contributed by atoms with E-state index in [-0.39, 0.29) is 24.5 Å². The van der Waals surface area contributed by atoms with Crippen LogP contribution in [-0.4, -0.2) is 24.4 Å². The maximum Gasteiger partial charge on any atom is 0.236 e. The summed E-state index contributed by atoms with van der Waals surface area (Å²) in [5, 5.41) is 3.34. The van der Waals surface area contributed by atoms with E-state index >= 15 is 0 Å². The Morgan fingerprint density at radius 3 is 2.15 bits per heavy atom. The first-order valence-corrected chi connectivity index (χ1v) is 8.79. The van der Waals surface area contributed by atoms with Crippen molar-refractivity contribution in [1.29, 1.82) is 0 Å². The molecular weight excluding hydrogens is 324 g/mol. The van der Waals surface area contributed by atoms with Crippen LogP contribution in [0.5, 0.6) is 0 Å². The predicted octanol–water partition coefficient (Wildman–Crippen LogP) is 4.18. The highest BCUT2D eigenvalue weighted by Gasteiger charge is 2.21. The van der Waals surface area contributed by atoms with Crippen molar-refractivity contribution in [2.45, 2.75) is 19.0 Å². The summed E-state index contributed by atoms with van der Waals surface area (Å²) in [5.41, 5.74) is 2.18. The highest BCUT2D eigenvalue weighted by Crippen LogP contribution is 2.23. The van der Waals surface area contributed by atoms with Crippen molar-refractivity contribution >= 4 is 5.91 Å². The van der Waals surface area contributed by atoms with E-state index in [9.17, 15) is 4.79 Å². The Bertz CT molecular complexity index is 801. The zero-order valence-electron chi connectivity index (χ0n) is 15.1. The molecule has 1 aromatic heterocycles. The van der Waals surface area contributed by atoms with Gasteiger partial charge in [0.2, 0.25) is 5.91 Å². The van der Waals surface area contributed by atoms with Gasteiger partial charge >= 0.3 is 0 Å². The normalized spacial score (nSPS) is 13.2. The summed E-state index contributed by atoms with van der Waals surface area (Å²) in [6, 6.07) is 23.7. The summed E-state index contributed by atoms with van der Waals surface area (Å²) in [5.74, 6) is 0.830. The van der Waals surface area contributed by atoms with Crippen LogP contribution in [-0.2, 0) is 4.79 Å². The summed E-state index contributed by atoms with van der Waals surface area (Å²) >= 11 is 0. The molecule has 1 amide bonds. The number of nitrogens with one attached hydrogen (secondary N) is 1. The van der Waals surface area contributed by atoms with Crippen molar-refractivity contribution in [2.75, 3.05) is 13.6 Å².